The summed E-state index contributed by atoms with van der Waals surface area (Å²) in [6.45, 7) is 0. The van der Waals surface area contributed by atoms with Gasteiger partial charge in [0.15, 0.2) is 5.82 Å². The number of aromatic nitrogens is 2. The van der Waals surface area contributed by atoms with Crippen molar-refractivity contribution in [2.75, 3.05) is 12.8 Å². The highest BCUT2D eigenvalue weighted by Gasteiger charge is 2.32. The van der Waals surface area contributed by atoms with Crippen LogP contribution in [0.5, 0.6) is 0 Å². The van der Waals surface area contributed by atoms with Crippen LogP contribution in [0.3, 0.4) is 0 Å². The molecule has 0 bridgehead atoms. The molecule has 2 atom stereocenters. The maximum atomic E-state index is 13.2. The van der Waals surface area contributed by atoms with Gasteiger partial charge in [0.05, 0.1) is 5.25 Å². The number of rotatable bonds is 4. The average molecular weight is 331 g/mol. The third-order valence-corrected chi connectivity index (χ3v) is 5.32. The average Bonchev–Trinajstić information content (AvgIpc) is 3.11. The summed E-state index contributed by atoms with van der Waals surface area (Å²) in [5.41, 5.74) is 0.802. The molecule has 0 aliphatic carbocycles. The molecule has 1 aromatic carbocycles. The Balaban J connectivity index is 1.94. The number of amides is 1. The van der Waals surface area contributed by atoms with Gasteiger partial charge in [0.1, 0.15) is 11.9 Å². The zero-order valence-corrected chi connectivity index (χ0v) is 13.7. The van der Waals surface area contributed by atoms with Gasteiger partial charge in [-0.15, -0.1) is 11.8 Å². The third-order valence-electron chi connectivity index (χ3n) is 3.96. The smallest absolute Gasteiger partial charge is 0.236 e. The van der Waals surface area contributed by atoms with Crippen molar-refractivity contribution in [1.82, 2.24) is 14.9 Å². The van der Waals surface area contributed by atoms with Crippen LogP contribution in [0.1, 0.15) is 30.3 Å². The van der Waals surface area contributed by atoms with Crippen molar-refractivity contribution in [1.29, 1.82) is 0 Å². The lowest BCUT2D eigenvalue weighted by Gasteiger charge is -2.29. The molecule has 2 heterocycles. The van der Waals surface area contributed by atoms with Gasteiger partial charge in [-0.05, 0) is 42.4 Å². The standard InChI is InChI=1S/C17H18FN3OS/c1-21(17(22)14-4-2-11-23-14)15(16-19-9-3-10-20-16)12-5-7-13(18)8-6-12/h3,5-10,14-15H,2,4,11H2,1H3. The van der Waals surface area contributed by atoms with Gasteiger partial charge in [-0.25, -0.2) is 14.4 Å². The van der Waals surface area contributed by atoms with Crippen LogP contribution in [-0.4, -0.2) is 38.8 Å². The first-order valence-electron chi connectivity index (χ1n) is 7.57. The number of benzene rings is 1. The molecule has 0 radical (unpaired) electrons. The number of halogens is 1. The van der Waals surface area contributed by atoms with Crippen LogP contribution < -0.4 is 0 Å². The maximum absolute atomic E-state index is 13.2. The van der Waals surface area contributed by atoms with Gasteiger partial charge in [0.2, 0.25) is 5.91 Å². The van der Waals surface area contributed by atoms with Gasteiger partial charge in [-0.1, -0.05) is 12.1 Å². The first-order valence-corrected chi connectivity index (χ1v) is 8.62. The molecule has 2 aromatic rings. The van der Waals surface area contributed by atoms with Crippen LogP contribution in [0.2, 0.25) is 0 Å². The van der Waals surface area contributed by atoms with Crippen LogP contribution in [0.15, 0.2) is 42.7 Å². The lowest BCUT2D eigenvalue weighted by Crippen LogP contribution is -2.38. The molecule has 23 heavy (non-hydrogen) atoms. The van der Waals surface area contributed by atoms with Crippen LogP contribution in [-0.2, 0) is 4.79 Å². The molecule has 4 nitrogen and oxygen atoms in total. The van der Waals surface area contributed by atoms with Crippen molar-refractivity contribution in [3.8, 4) is 0 Å². The lowest BCUT2D eigenvalue weighted by molar-refractivity contribution is -0.131. The molecule has 1 aromatic heterocycles. The van der Waals surface area contributed by atoms with Gasteiger partial charge in [0, 0.05) is 19.4 Å². The molecule has 0 spiro atoms. The number of carbonyl (C=O) groups is 1. The van der Waals surface area contributed by atoms with Crippen LogP contribution in [0, 0.1) is 5.82 Å². The maximum Gasteiger partial charge on any atom is 0.236 e. The Kier molecular flexibility index (Phi) is 4.91. The minimum absolute atomic E-state index is 0.00772. The van der Waals surface area contributed by atoms with Crippen LogP contribution in [0.4, 0.5) is 4.39 Å². The van der Waals surface area contributed by atoms with Gasteiger partial charge in [-0.3, -0.25) is 4.79 Å². The normalized spacial score (nSPS) is 18.6. The molecule has 0 saturated carbocycles. The predicted molar refractivity (Wildman–Crippen MR) is 88.5 cm³/mol. The van der Waals surface area contributed by atoms with Crippen LogP contribution in [0.25, 0.3) is 0 Å². The number of thioether (sulfide) groups is 1. The summed E-state index contributed by atoms with van der Waals surface area (Å²) in [5, 5.41) is -0.00772. The van der Waals surface area contributed by atoms with E-state index in [0.29, 0.717) is 5.82 Å². The Bertz CT molecular complexity index is 659. The fourth-order valence-corrected chi connectivity index (χ4v) is 4.03. The summed E-state index contributed by atoms with van der Waals surface area (Å²) in [4.78, 5) is 23.1. The quantitative estimate of drug-likeness (QED) is 0.864. The number of hydrogen-bond acceptors (Lipinski definition) is 4. The molecule has 1 fully saturated rings. The highest BCUT2D eigenvalue weighted by Crippen LogP contribution is 2.32. The van der Waals surface area contributed by atoms with E-state index in [1.807, 2.05) is 0 Å². The lowest BCUT2D eigenvalue weighted by atomic mass is 10.0. The molecule has 1 aliphatic rings. The van der Waals surface area contributed by atoms with E-state index in [0.717, 1.165) is 24.2 Å². The molecule has 1 aliphatic heterocycles. The van der Waals surface area contributed by atoms with Crippen molar-refractivity contribution in [3.05, 3.63) is 59.9 Å². The monoisotopic (exact) mass is 331 g/mol. The Morgan fingerprint density at radius 3 is 2.61 bits per heavy atom. The fourth-order valence-electron chi connectivity index (χ4n) is 2.77. The molecule has 1 amide bonds. The van der Waals surface area contributed by atoms with E-state index in [1.165, 1.54) is 12.1 Å². The summed E-state index contributed by atoms with van der Waals surface area (Å²) in [5.74, 6) is 1.34. The minimum Gasteiger partial charge on any atom is -0.330 e. The third kappa shape index (κ3) is 3.52. The Hall–Kier alpha value is -1.95. The zero-order valence-electron chi connectivity index (χ0n) is 12.9. The Labute approximate surface area is 139 Å². The molecule has 3 rings (SSSR count). The molecule has 120 valence electrons. The second-order valence-corrected chi connectivity index (χ2v) is 6.82. The van der Waals surface area contributed by atoms with Crippen molar-refractivity contribution in [2.24, 2.45) is 0 Å². The molecular formula is C17H18FN3OS. The van der Waals surface area contributed by atoms with E-state index in [2.05, 4.69) is 9.97 Å². The largest absolute Gasteiger partial charge is 0.330 e. The number of nitrogens with zero attached hydrogens (tertiary/aromatic N) is 3. The molecule has 1 saturated heterocycles. The first-order chi connectivity index (χ1) is 11.2. The van der Waals surface area contributed by atoms with Crippen LogP contribution >= 0.6 is 11.8 Å². The van der Waals surface area contributed by atoms with E-state index in [9.17, 15) is 9.18 Å². The molecule has 6 heteroatoms. The van der Waals surface area contributed by atoms with Crippen molar-refractivity contribution in [2.45, 2.75) is 24.1 Å². The Morgan fingerprint density at radius 1 is 1.30 bits per heavy atom. The van der Waals surface area contributed by atoms with Crippen molar-refractivity contribution in [3.63, 3.8) is 0 Å². The van der Waals surface area contributed by atoms with E-state index in [4.69, 9.17) is 0 Å². The predicted octanol–water partition coefficient (Wildman–Crippen LogP) is 3.06. The molecule has 2 unspecified atom stereocenters. The Morgan fingerprint density at radius 2 is 2.00 bits per heavy atom. The topological polar surface area (TPSA) is 46.1 Å². The molecule has 0 N–H and O–H groups in total. The van der Waals surface area contributed by atoms with E-state index in [1.54, 1.807) is 54.3 Å². The van der Waals surface area contributed by atoms with Gasteiger partial charge >= 0.3 is 0 Å². The molecular weight excluding hydrogens is 313 g/mol. The van der Waals surface area contributed by atoms with E-state index in [-0.39, 0.29) is 17.0 Å². The van der Waals surface area contributed by atoms with Gasteiger partial charge in [0.25, 0.3) is 0 Å². The highest BCUT2D eigenvalue weighted by molar-refractivity contribution is 8.00. The van der Waals surface area contributed by atoms with Crippen molar-refractivity contribution >= 4 is 17.7 Å². The van der Waals surface area contributed by atoms with E-state index < -0.39 is 6.04 Å². The summed E-state index contributed by atoms with van der Waals surface area (Å²) < 4.78 is 13.2. The summed E-state index contributed by atoms with van der Waals surface area (Å²) >= 11 is 1.70. The zero-order chi connectivity index (χ0) is 16.2. The van der Waals surface area contributed by atoms with E-state index >= 15 is 0 Å². The number of carbonyl (C=O) groups excluding carboxylic acids is 1. The van der Waals surface area contributed by atoms with Gasteiger partial charge < -0.3 is 4.90 Å². The first kappa shape index (κ1) is 15.9. The number of hydrogen-bond donors (Lipinski definition) is 0. The summed E-state index contributed by atoms with van der Waals surface area (Å²) in [7, 11) is 1.77. The SMILES string of the molecule is CN(C(=O)C1CCCS1)C(c1ccc(F)cc1)c1ncccn1. The highest BCUT2D eigenvalue weighted by atomic mass is 32.2. The summed E-state index contributed by atoms with van der Waals surface area (Å²) in [6.07, 6.45) is 5.28. The van der Waals surface area contributed by atoms with Gasteiger partial charge in [-0.2, -0.15) is 0 Å². The second kappa shape index (κ2) is 7.08. The summed E-state index contributed by atoms with van der Waals surface area (Å²) in [6, 6.07) is 7.48. The fraction of sp³-hybridized carbons (Fsp3) is 0.353. The van der Waals surface area contributed by atoms with Crippen molar-refractivity contribution < 1.29 is 9.18 Å². The minimum atomic E-state index is -0.412. The second-order valence-electron chi connectivity index (χ2n) is 5.51.